The van der Waals surface area contributed by atoms with Gasteiger partial charge in [0.1, 0.15) is 25.6 Å². The van der Waals surface area contributed by atoms with Crippen LogP contribution >= 0.6 is 0 Å². The summed E-state index contributed by atoms with van der Waals surface area (Å²) in [6.45, 7) is 6.03. The van der Waals surface area contributed by atoms with E-state index in [2.05, 4.69) is 17.1 Å². The molecule has 2 aromatic rings. The van der Waals surface area contributed by atoms with Crippen LogP contribution in [0.2, 0.25) is 0 Å². The van der Waals surface area contributed by atoms with Gasteiger partial charge in [0.25, 0.3) is 10.0 Å². The lowest BCUT2D eigenvalue weighted by atomic mass is 9.99. The Morgan fingerprint density at radius 1 is 1.09 bits per heavy atom. The first-order valence-electron chi connectivity index (χ1n) is 12.0. The van der Waals surface area contributed by atoms with Crippen molar-refractivity contribution in [1.82, 2.24) is 10.2 Å². The van der Waals surface area contributed by atoms with E-state index in [0.717, 1.165) is 36.3 Å². The summed E-state index contributed by atoms with van der Waals surface area (Å²) in [7, 11) is -4.14. The number of hydrogen-bond donors (Lipinski definition) is 1. The number of hydrogen-bond acceptors (Lipinski definition) is 6. The van der Waals surface area contributed by atoms with Gasteiger partial charge in [0.15, 0.2) is 11.5 Å². The van der Waals surface area contributed by atoms with E-state index in [9.17, 15) is 17.6 Å². The second kappa shape index (κ2) is 11.3. The molecule has 2 aliphatic rings. The molecule has 0 spiro atoms. The number of nitrogens with zero attached hydrogens (tertiary/aromatic N) is 2. The smallest absolute Gasteiger partial charge is 0.264 e. The SMILES string of the molecule is CC1CCN(CCCNC(=O)CN(c2ccc(F)cc2)S(=O)(=O)c2ccc3c(c2)OCCO3)CC1. The van der Waals surface area contributed by atoms with E-state index in [0.29, 0.717) is 31.3 Å². The minimum atomic E-state index is -4.14. The summed E-state index contributed by atoms with van der Waals surface area (Å²) < 4.78 is 52.6. The molecule has 2 aliphatic heterocycles. The summed E-state index contributed by atoms with van der Waals surface area (Å²) in [5.41, 5.74) is 0.193. The Balaban J connectivity index is 1.44. The van der Waals surface area contributed by atoms with Gasteiger partial charge in [-0.15, -0.1) is 0 Å². The van der Waals surface area contributed by atoms with E-state index >= 15 is 0 Å². The van der Waals surface area contributed by atoms with Crippen molar-refractivity contribution in [3.8, 4) is 11.5 Å². The van der Waals surface area contributed by atoms with Gasteiger partial charge in [0.2, 0.25) is 5.91 Å². The molecule has 35 heavy (non-hydrogen) atoms. The number of carbonyl (C=O) groups excluding carboxylic acids is 1. The first kappa shape index (κ1) is 25.2. The number of benzene rings is 2. The zero-order chi connectivity index (χ0) is 24.8. The third kappa shape index (κ3) is 6.43. The summed E-state index contributed by atoms with van der Waals surface area (Å²) >= 11 is 0. The maximum Gasteiger partial charge on any atom is 0.264 e. The fourth-order valence-corrected chi connectivity index (χ4v) is 5.67. The lowest BCUT2D eigenvalue weighted by Crippen LogP contribution is -2.42. The first-order valence-corrected chi connectivity index (χ1v) is 13.4. The number of anilines is 1. The van der Waals surface area contributed by atoms with Crippen molar-refractivity contribution in [2.45, 2.75) is 31.1 Å². The number of carbonyl (C=O) groups is 1. The Morgan fingerprint density at radius 2 is 1.77 bits per heavy atom. The van der Waals surface area contributed by atoms with Gasteiger partial charge in [-0.25, -0.2) is 12.8 Å². The molecule has 0 saturated carbocycles. The Kier molecular flexibility index (Phi) is 8.12. The third-order valence-electron chi connectivity index (χ3n) is 6.35. The molecule has 0 atom stereocenters. The van der Waals surface area contributed by atoms with Gasteiger partial charge in [-0.2, -0.15) is 0 Å². The number of amides is 1. The molecule has 1 amide bonds. The highest BCUT2D eigenvalue weighted by Crippen LogP contribution is 2.34. The summed E-state index contributed by atoms with van der Waals surface area (Å²) in [6, 6.07) is 9.35. The molecule has 10 heteroatoms. The van der Waals surface area contributed by atoms with Gasteiger partial charge in [-0.05, 0) is 81.2 Å². The maximum atomic E-state index is 13.6. The molecule has 0 bridgehead atoms. The van der Waals surface area contributed by atoms with Crippen LogP contribution in [0.25, 0.3) is 0 Å². The number of ether oxygens (including phenoxy) is 2. The monoisotopic (exact) mass is 505 g/mol. The van der Waals surface area contributed by atoms with Crippen LogP contribution in [0, 0.1) is 11.7 Å². The van der Waals surface area contributed by atoms with Crippen LogP contribution in [0.1, 0.15) is 26.2 Å². The number of nitrogens with one attached hydrogen (secondary N) is 1. The average Bonchev–Trinajstić information content (AvgIpc) is 2.86. The van der Waals surface area contributed by atoms with Crippen LogP contribution < -0.4 is 19.1 Å². The van der Waals surface area contributed by atoms with Crippen LogP contribution in [-0.4, -0.2) is 65.2 Å². The quantitative estimate of drug-likeness (QED) is 0.527. The number of halogens is 1. The van der Waals surface area contributed by atoms with Crippen LogP contribution in [-0.2, 0) is 14.8 Å². The molecular formula is C25H32FN3O5S. The van der Waals surface area contributed by atoms with E-state index in [1.54, 1.807) is 0 Å². The third-order valence-corrected chi connectivity index (χ3v) is 8.12. The normalized spacial score (nSPS) is 16.6. The molecule has 190 valence electrons. The Bertz CT molecular complexity index is 1120. The lowest BCUT2D eigenvalue weighted by Gasteiger charge is -2.30. The number of rotatable bonds is 9. The predicted octanol–water partition coefficient (Wildman–Crippen LogP) is 3.03. The van der Waals surface area contributed by atoms with Crippen LogP contribution in [0.3, 0.4) is 0 Å². The number of likely N-dealkylation sites (tertiary alicyclic amines) is 1. The molecule has 2 heterocycles. The summed E-state index contributed by atoms with van der Waals surface area (Å²) in [4.78, 5) is 15.1. The second-order valence-electron chi connectivity index (χ2n) is 9.02. The second-order valence-corrected chi connectivity index (χ2v) is 10.9. The van der Waals surface area contributed by atoms with Crippen molar-refractivity contribution >= 4 is 21.6 Å². The van der Waals surface area contributed by atoms with Gasteiger partial charge in [0, 0.05) is 12.6 Å². The van der Waals surface area contributed by atoms with Gasteiger partial charge in [0.05, 0.1) is 10.6 Å². The molecular weight excluding hydrogens is 473 g/mol. The number of sulfonamides is 1. The molecule has 0 unspecified atom stereocenters. The molecule has 0 aromatic heterocycles. The molecule has 4 rings (SSSR count). The van der Waals surface area contributed by atoms with Crippen molar-refractivity contribution in [2.24, 2.45) is 5.92 Å². The first-order chi connectivity index (χ1) is 16.8. The van der Waals surface area contributed by atoms with Crippen molar-refractivity contribution < 1.29 is 27.1 Å². The van der Waals surface area contributed by atoms with E-state index in [4.69, 9.17) is 9.47 Å². The minimum Gasteiger partial charge on any atom is -0.486 e. The van der Waals surface area contributed by atoms with Crippen LogP contribution in [0.15, 0.2) is 47.4 Å². The fourth-order valence-electron chi connectivity index (χ4n) is 4.24. The molecule has 8 nitrogen and oxygen atoms in total. The van der Waals surface area contributed by atoms with Gasteiger partial charge in [-0.1, -0.05) is 6.92 Å². The van der Waals surface area contributed by atoms with Crippen LogP contribution in [0.4, 0.5) is 10.1 Å². The topological polar surface area (TPSA) is 88.2 Å². The standard InChI is InChI=1S/C25H32FN3O5S/c1-19-9-13-28(14-10-19)12-2-11-27-25(30)18-29(21-5-3-20(26)4-6-21)35(31,32)22-7-8-23-24(17-22)34-16-15-33-23/h3-8,17,19H,2,9-16,18H2,1H3,(H,27,30). The summed E-state index contributed by atoms with van der Waals surface area (Å²) in [5.74, 6) is 0.627. The Hall–Kier alpha value is -2.85. The zero-order valence-electron chi connectivity index (χ0n) is 19.9. The van der Waals surface area contributed by atoms with E-state index < -0.39 is 28.3 Å². The summed E-state index contributed by atoms with van der Waals surface area (Å²) in [6.07, 6.45) is 3.17. The average molecular weight is 506 g/mol. The highest BCUT2D eigenvalue weighted by Gasteiger charge is 2.29. The molecule has 1 saturated heterocycles. The van der Waals surface area contributed by atoms with E-state index in [-0.39, 0.29) is 10.6 Å². The molecule has 2 aromatic carbocycles. The summed E-state index contributed by atoms with van der Waals surface area (Å²) in [5, 5.41) is 2.83. The van der Waals surface area contributed by atoms with E-state index in [1.165, 1.54) is 55.3 Å². The minimum absolute atomic E-state index is 0.0433. The highest BCUT2D eigenvalue weighted by molar-refractivity contribution is 7.92. The number of piperidine rings is 1. The van der Waals surface area contributed by atoms with Gasteiger partial charge < -0.3 is 19.7 Å². The van der Waals surface area contributed by atoms with Gasteiger partial charge >= 0.3 is 0 Å². The molecule has 0 radical (unpaired) electrons. The van der Waals surface area contributed by atoms with Crippen molar-refractivity contribution in [3.63, 3.8) is 0 Å². The fraction of sp³-hybridized carbons (Fsp3) is 0.480. The molecule has 1 fully saturated rings. The molecule has 1 N–H and O–H groups in total. The number of fused-ring (bicyclic) bond motifs is 1. The maximum absolute atomic E-state index is 13.6. The Labute approximate surface area is 206 Å². The van der Waals surface area contributed by atoms with Gasteiger partial charge in [-0.3, -0.25) is 9.10 Å². The largest absolute Gasteiger partial charge is 0.486 e. The highest BCUT2D eigenvalue weighted by atomic mass is 32.2. The van der Waals surface area contributed by atoms with Crippen molar-refractivity contribution in [3.05, 3.63) is 48.3 Å². The zero-order valence-corrected chi connectivity index (χ0v) is 20.7. The van der Waals surface area contributed by atoms with Crippen LogP contribution in [0.5, 0.6) is 11.5 Å². The lowest BCUT2D eigenvalue weighted by molar-refractivity contribution is -0.119. The predicted molar refractivity (Wildman–Crippen MR) is 131 cm³/mol. The Morgan fingerprint density at radius 3 is 2.49 bits per heavy atom. The van der Waals surface area contributed by atoms with E-state index in [1.807, 2.05) is 0 Å². The van der Waals surface area contributed by atoms with Crippen molar-refractivity contribution in [1.29, 1.82) is 0 Å². The molecule has 0 aliphatic carbocycles. The van der Waals surface area contributed by atoms with Crippen molar-refractivity contribution in [2.75, 3.05) is 50.2 Å².